The van der Waals surface area contributed by atoms with E-state index < -0.39 is 11.6 Å². The van der Waals surface area contributed by atoms with Crippen LogP contribution in [-0.2, 0) is 0 Å². The summed E-state index contributed by atoms with van der Waals surface area (Å²) in [5, 5.41) is 8.21. The van der Waals surface area contributed by atoms with Crippen molar-refractivity contribution in [2.75, 3.05) is 0 Å². The molecule has 25 heavy (non-hydrogen) atoms. The predicted molar refractivity (Wildman–Crippen MR) is 94.6 cm³/mol. The lowest BCUT2D eigenvalue weighted by Gasteiger charge is -2.01. The largest absolute Gasteiger partial charge is 0.277 e. The first kappa shape index (κ1) is 15.2. The van der Waals surface area contributed by atoms with Gasteiger partial charge in [0.25, 0.3) is 0 Å². The lowest BCUT2D eigenvalue weighted by molar-refractivity contribution is 0.583. The van der Waals surface area contributed by atoms with E-state index in [1.165, 1.54) is 12.1 Å². The van der Waals surface area contributed by atoms with Crippen LogP contribution in [0.2, 0.25) is 0 Å². The van der Waals surface area contributed by atoms with E-state index in [1.807, 2.05) is 30.3 Å². The summed E-state index contributed by atoms with van der Waals surface area (Å²) in [7, 11) is 0. The number of H-pyrrole nitrogens is 1. The maximum Gasteiger partial charge on any atom is 0.126 e. The summed E-state index contributed by atoms with van der Waals surface area (Å²) >= 11 is 0. The minimum absolute atomic E-state index is 0.446. The molecule has 5 heteroatoms. The van der Waals surface area contributed by atoms with Crippen molar-refractivity contribution in [3.63, 3.8) is 0 Å². The number of hydrogen-bond acceptors (Lipinski definition) is 2. The third-order valence-electron chi connectivity index (χ3n) is 3.92. The Hall–Kier alpha value is -3.34. The monoisotopic (exact) mass is 333 g/mol. The second-order valence-electron chi connectivity index (χ2n) is 5.64. The van der Waals surface area contributed by atoms with Gasteiger partial charge in [0.15, 0.2) is 0 Å². The number of halogens is 2. The summed E-state index contributed by atoms with van der Waals surface area (Å²) in [6, 6.07) is 13.3. The Kier molecular flexibility index (Phi) is 3.82. The second kappa shape index (κ2) is 6.28. The quantitative estimate of drug-likeness (QED) is 0.568. The van der Waals surface area contributed by atoms with Crippen LogP contribution in [0.3, 0.4) is 0 Å². The zero-order valence-electron chi connectivity index (χ0n) is 13.1. The maximum absolute atomic E-state index is 13.3. The van der Waals surface area contributed by atoms with Crippen LogP contribution < -0.4 is 0 Å². The molecule has 0 aliphatic rings. The van der Waals surface area contributed by atoms with E-state index in [4.69, 9.17) is 0 Å². The molecule has 122 valence electrons. The molecule has 0 spiro atoms. The van der Waals surface area contributed by atoms with Crippen LogP contribution >= 0.6 is 0 Å². The van der Waals surface area contributed by atoms with Crippen molar-refractivity contribution >= 4 is 23.1 Å². The molecule has 4 aromatic rings. The number of nitrogens with one attached hydrogen (secondary N) is 1. The zero-order valence-corrected chi connectivity index (χ0v) is 13.1. The van der Waals surface area contributed by atoms with Crippen LogP contribution in [0.15, 0.2) is 60.9 Å². The van der Waals surface area contributed by atoms with E-state index in [2.05, 4.69) is 15.2 Å². The number of benzene rings is 2. The highest BCUT2D eigenvalue weighted by Crippen LogP contribution is 2.25. The second-order valence-corrected chi connectivity index (χ2v) is 5.64. The van der Waals surface area contributed by atoms with Crippen molar-refractivity contribution < 1.29 is 8.78 Å². The molecule has 0 amide bonds. The third kappa shape index (κ3) is 3.17. The molecular weight excluding hydrogens is 320 g/mol. The van der Waals surface area contributed by atoms with Gasteiger partial charge in [-0.05, 0) is 59.2 Å². The number of pyridine rings is 1. The van der Waals surface area contributed by atoms with Crippen LogP contribution in [-0.4, -0.2) is 15.2 Å². The van der Waals surface area contributed by atoms with E-state index in [0.29, 0.717) is 11.3 Å². The van der Waals surface area contributed by atoms with Gasteiger partial charge in [0.1, 0.15) is 11.6 Å². The Morgan fingerprint density at radius 1 is 0.800 bits per heavy atom. The number of rotatable bonds is 3. The molecule has 0 saturated heterocycles. The highest BCUT2D eigenvalue weighted by Gasteiger charge is 2.05. The molecule has 3 nitrogen and oxygen atoms in total. The van der Waals surface area contributed by atoms with E-state index in [9.17, 15) is 8.78 Å². The minimum atomic E-state index is -0.603. The van der Waals surface area contributed by atoms with E-state index in [1.54, 1.807) is 24.5 Å². The lowest BCUT2D eigenvalue weighted by atomic mass is 10.0. The van der Waals surface area contributed by atoms with E-state index >= 15 is 0 Å². The third-order valence-corrected chi connectivity index (χ3v) is 3.92. The summed E-state index contributed by atoms with van der Waals surface area (Å²) in [6.45, 7) is 0. The molecule has 4 rings (SSSR count). The molecule has 0 aliphatic carbocycles. The molecule has 2 aromatic carbocycles. The highest BCUT2D eigenvalue weighted by molar-refractivity contribution is 5.92. The molecule has 0 aliphatic heterocycles. The van der Waals surface area contributed by atoms with Crippen molar-refractivity contribution in [3.8, 4) is 11.1 Å². The summed E-state index contributed by atoms with van der Waals surface area (Å²) in [5.74, 6) is -1.21. The minimum Gasteiger partial charge on any atom is -0.277 e. The molecule has 0 saturated carbocycles. The Morgan fingerprint density at radius 2 is 1.56 bits per heavy atom. The van der Waals surface area contributed by atoms with Gasteiger partial charge in [-0.2, -0.15) is 5.10 Å². The van der Waals surface area contributed by atoms with Crippen LogP contribution in [0.25, 0.3) is 34.2 Å². The smallest absolute Gasteiger partial charge is 0.126 e. The molecule has 2 aromatic heterocycles. The summed E-state index contributed by atoms with van der Waals surface area (Å²) < 4.78 is 26.5. The van der Waals surface area contributed by atoms with Gasteiger partial charge in [0.05, 0.1) is 11.2 Å². The van der Waals surface area contributed by atoms with E-state index in [0.717, 1.165) is 28.1 Å². The first-order chi connectivity index (χ1) is 12.2. The van der Waals surface area contributed by atoms with Gasteiger partial charge in [-0.25, -0.2) is 8.78 Å². The molecule has 0 unspecified atom stereocenters. The molecule has 0 radical (unpaired) electrons. The molecule has 2 heterocycles. The number of nitrogens with zero attached hydrogens (tertiary/aromatic N) is 2. The normalized spacial score (nSPS) is 11.4. The molecule has 0 atom stereocenters. The van der Waals surface area contributed by atoms with Gasteiger partial charge in [-0.15, -0.1) is 0 Å². The average Bonchev–Trinajstić information content (AvgIpc) is 3.02. The van der Waals surface area contributed by atoms with Crippen LogP contribution in [0.4, 0.5) is 8.78 Å². The van der Waals surface area contributed by atoms with Gasteiger partial charge in [0, 0.05) is 23.8 Å². The Bertz CT molecular complexity index is 1050. The zero-order chi connectivity index (χ0) is 17.2. The standard InChI is InChI=1S/C20H13F2N3/c21-16-9-13(10-17(22)12-16)1-4-19-18-3-2-15(11-20(18)25-24-19)14-5-7-23-8-6-14/h1-12H,(H,24,25)/b4-1+. The fourth-order valence-corrected chi connectivity index (χ4v) is 2.74. The molecule has 0 fully saturated rings. The summed E-state index contributed by atoms with van der Waals surface area (Å²) in [4.78, 5) is 4.02. The number of hydrogen-bond donors (Lipinski definition) is 1. The number of aromatic nitrogens is 3. The van der Waals surface area contributed by atoms with Crippen molar-refractivity contribution in [1.82, 2.24) is 15.2 Å². The first-order valence-electron chi connectivity index (χ1n) is 7.72. The fraction of sp³-hybridized carbons (Fsp3) is 0. The van der Waals surface area contributed by atoms with Crippen LogP contribution in [0, 0.1) is 11.6 Å². The maximum atomic E-state index is 13.3. The molecular formula is C20H13F2N3. The van der Waals surface area contributed by atoms with Gasteiger partial charge in [0.2, 0.25) is 0 Å². The highest BCUT2D eigenvalue weighted by atomic mass is 19.1. The van der Waals surface area contributed by atoms with Gasteiger partial charge >= 0.3 is 0 Å². The predicted octanol–water partition coefficient (Wildman–Crippen LogP) is 5.07. The van der Waals surface area contributed by atoms with Gasteiger partial charge in [-0.3, -0.25) is 10.1 Å². The topological polar surface area (TPSA) is 41.6 Å². The van der Waals surface area contributed by atoms with Gasteiger partial charge in [-0.1, -0.05) is 12.1 Å². The molecule has 1 N–H and O–H groups in total. The number of aromatic amines is 1. The fourth-order valence-electron chi connectivity index (χ4n) is 2.74. The van der Waals surface area contributed by atoms with Crippen molar-refractivity contribution in [2.24, 2.45) is 0 Å². The summed E-state index contributed by atoms with van der Waals surface area (Å²) in [6.07, 6.45) is 6.87. The van der Waals surface area contributed by atoms with Crippen LogP contribution in [0.1, 0.15) is 11.3 Å². The van der Waals surface area contributed by atoms with Crippen molar-refractivity contribution in [3.05, 3.63) is 83.8 Å². The lowest BCUT2D eigenvalue weighted by Crippen LogP contribution is -1.82. The first-order valence-corrected chi connectivity index (χ1v) is 7.72. The summed E-state index contributed by atoms with van der Waals surface area (Å²) in [5.41, 5.74) is 4.17. The average molecular weight is 333 g/mol. The SMILES string of the molecule is Fc1cc(F)cc(/C=C/c2n[nH]c3cc(-c4ccncc4)ccc23)c1. The Morgan fingerprint density at radius 3 is 2.32 bits per heavy atom. The Labute approximate surface area is 142 Å². The van der Waals surface area contributed by atoms with Gasteiger partial charge < -0.3 is 0 Å². The van der Waals surface area contributed by atoms with E-state index in [-0.39, 0.29) is 0 Å². The van der Waals surface area contributed by atoms with Crippen LogP contribution in [0.5, 0.6) is 0 Å². The van der Waals surface area contributed by atoms with Crippen molar-refractivity contribution in [2.45, 2.75) is 0 Å². The number of fused-ring (bicyclic) bond motifs is 1. The molecule has 0 bridgehead atoms. The Balaban J connectivity index is 1.68. The van der Waals surface area contributed by atoms with Crippen molar-refractivity contribution in [1.29, 1.82) is 0 Å².